The van der Waals surface area contributed by atoms with Gasteiger partial charge in [-0.25, -0.2) is 4.39 Å². The number of rotatable bonds is 3. The SMILES string of the molecule is CC1CC(=O)N(Cc2ccc(F)cc2)C(C)C1C(=O)O. The van der Waals surface area contributed by atoms with Gasteiger partial charge >= 0.3 is 5.97 Å². The van der Waals surface area contributed by atoms with Gasteiger partial charge in [0.25, 0.3) is 0 Å². The molecule has 1 aromatic carbocycles. The summed E-state index contributed by atoms with van der Waals surface area (Å²) < 4.78 is 12.9. The lowest BCUT2D eigenvalue weighted by Crippen LogP contribution is -2.52. The minimum absolute atomic E-state index is 0.0492. The number of carboxylic acids is 1. The molecule has 0 spiro atoms. The van der Waals surface area contributed by atoms with Crippen LogP contribution < -0.4 is 0 Å². The summed E-state index contributed by atoms with van der Waals surface area (Å²) in [4.78, 5) is 25.0. The highest BCUT2D eigenvalue weighted by molar-refractivity contribution is 5.81. The van der Waals surface area contributed by atoms with Gasteiger partial charge in [0, 0.05) is 19.0 Å². The predicted molar refractivity (Wildman–Crippen MR) is 71.3 cm³/mol. The van der Waals surface area contributed by atoms with Crippen LogP contribution >= 0.6 is 0 Å². The maximum absolute atomic E-state index is 12.9. The highest BCUT2D eigenvalue weighted by Gasteiger charge is 2.41. The quantitative estimate of drug-likeness (QED) is 0.923. The molecule has 1 amide bonds. The van der Waals surface area contributed by atoms with Gasteiger partial charge in [-0.05, 0) is 30.5 Å². The van der Waals surface area contributed by atoms with Crippen molar-refractivity contribution in [2.45, 2.75) is 32.9 Å². The number of carbonyl (C=O) groups excluding carboxylic acids is 1. The van der Waals surface area contributed by atoms with E-state index in [0.717, 1.165) is 5.56 Å². The molecule has 4 nitrogen and oxygen atoms in total. The molecule has 20 heavy (non-hydrogen) atoms. The standard InChI is InChI=1S/C15H18FNO3/c1-9-7-13(18)17(10(2)14(9)15(19)20)8-11-3-5-12(16)6-4-11/h3-6,9-10,14H,7-8H2,1-2H3,(H,19,20). The van der Waals surface area contributed by atoms with Crippen LogP contribution in [0.4, 0.5) is 4.39 Å². The van der Waals surface area contributed by atoms with Crippen LogP contribution in [0.5, 0.6) is 0 Å². The van der Waals surface area contributed by atoms with Gasteiger partial charge in [0.1, 0.15) is 5.82 Å². The van der Waals surface area contributed by atoms with Crippen molar-refractivity contribution in [3.63, 3.8) is 0 Å². The first-order chi connectivity index (χ1) is 9.40. The molecule has 3 atom stereocenters. The van der Waals surface area contributed by atoms with Gasteiger partial charge in [-0.3, -0.25) is 9.59 Å². The highest BCUT2D eigenvalue weighted by atomic mass is 19.1. The Morgan fingerprint density at radius 2 is 1.95 bits per heavy atom. The number of likely N-dealkylation sites (tertiary alicyclic amines) is 1. The van der Waals surface area contributed by atoms with Gasteiger partial charge in [-0.1, -0.05) is 19.1 Å². The van der Waals surface area contributed by atoms with Crippen molar-refractivity contribution in [1.29, 1.82) is 0 Å². The van der Waals surface area contributed by atoms with Crippen molar-refractivity contribution in [1.82, 2.24) is 4.90 Å². The van der Waals surface area contributed by atoms with E-state index in [1.165, 1.54) is 12.1 Å². The van der Waals surface area contributed by atoms with E-state index in [1.54, 1.807) is 30.9 Å². The molecule has 1 heterocycles. The van der Waals surface area contributed by atoms with E-state index in [2.05, 4.69) is 0 Å². The fraction of sp³-hybridized carbons (Fsp3) is 0.467. The van der Waals surface area contributed by atoms with E-state index in [-0.39, 0.29) is 30.1 Å². The van der Waals surface area contributed by atoms with Crippen molar-refractivity contribution in [2.24, 2.45) is 11.8 Å². The molecule has 0 saturated carbocycles. The molecule has 1 N–H and O–H groups in total. The molecular formula is C15H18FNO3. The second-order valence-electron chi connectivity index (χ2n) is 5.43. The number of benzene rings is 1. The summed E-state index contributed by atoms with van der Waals surface area (Å²) >= 11 is 0. The molecule has 0 aromatic heterocycles. The van der Waals surface area contributed by atoms with Crippen LogP contribution in [0.2, 0.25) is 0 Å². The third-order valence-corrected chi connectivity index (χ3v) is 3.99. The number of aliphatic carboxylic acids is 1. The predicted octanol–water partition coefficient (Wildman–Crippen LogP) is 2.28. The second-order valence-corrected chi connectivity index (χ2v) is 5.43. The Balaban J connectivity index is 2.19. The Bertz CT molecular complexity index is 514. The Morgan fingerprint density at radius 1 is 1.35 bits per heavy atom. The van der Waals surface area contributed by atoms with E-state index in [0.29, 0.717) is 6.54 Å². The summed E-state index contributed by atoms with van der Waals surface area (Å²) in [5.41, 5.74) is 0.797. The van der Waals surface area contributed by atoms with Gasteiger partial charge in [0.2, 0.25) is 5.91 Å². The van der Waals surface area contributed by atoms with Gasteiger partial charge in [-0.2, -0.15) is 0 Å². The average Bonchev–Trinajstić information content (AvgIpc) is 2.36. The molecule has 0 radical (unpaired) electrons. The van der Waals surface area contributed by atoms with Crippen LogP contribution in [-0.2, 0) is 16.1 Å². The highest BCUT2D eigenvalue weighted by Crippen LogP contribution is 2.31. The molecule has 0 aliphatic carbocycles. The normalized spacial score (nSPS) is 26.6. The Morgan fingerprint density at radius 3 is 2.50 bits per heavy atom. The Hall–Kier alpha value is -1.91. The fourth-order valence-electron chi connectivity index (χ4n) is 2.88. The van der Waals surface area contributed by atoms with E-state index in [4.69, 9.17) is 0 Å². The van der Waals surface area contributed by atoms with Crippen molar-refractivity contribution in [3.05, 3.63) is 35.6 Å². The number of piperidine rings is 1. The first-order valence-corrected chi connectivity index (χ1v) is 6.67. The number of halogens is 1. The molecule has 1 fully saturated rings. The number of carbonyl (C=O) groups is 2. The van der Waals surface area contributed by atoms with Crippen molar-refractivity contribution >= 4 is 11.9 Å². The van der Waals surface area contributed by atoms with Gasteiger partial charge < -0.3 is 10.0 Å². The molecule has 3 unspecified atom stereocenters. The summed E-state index contributed by atoms with van der Waals surface area (Å²) in [5.74, 6) is -1.98. The molecule has 108 valence electrons. The minimum Gasteiger partial charge on any atom is -0.481 e. The largest absolute Gasteiger partial charge is 0.481 e. The van der Waals surface area contributed by atoms with E-state index < -0.39 is 11.9 Å². The fourth-order valence-corrected chi connectivity index (χ4v) is 2.88. The molecule has 1 aliphatic rings. The first kappa shape index (κ1) is 14.5. The summed E-state index contributed by atoms with van der Waals surface area (Å²) in [6.45, 7) is 3.87. The third kappa shape index (κ3) is 2.81. The lowest BCUT2D eigenvalue weighted by atomic mass is 9.81. The number of nitrogens with zero attached hydrogens (tertiary/aromatic N) is 1. The average molecular weight is 279 g/mol. The smallest absolute Gasteiger partial charge is 0.308 e. The zero-order chi connectivity index (χ0) is 14.9. The van der Waals surface area contributed by atoms with Crippen LogP contribution in [0, 0.1) is 17.7 Å². The lowest BCUT2D eigenvalue weighted by molar-refractivity contribution is -0.155. The van der Waals surface area contributed by atoms with Crippen LogP contribution in [-0.4, -0.2) is 27.9 Å². The van der Waals surface area contributed by atoms with E-state index in [9.17, 15) is 19.1 Å². The molecule has 5 heteroatoms. The number of carboxylic acid groups (broad SMARTS) is 1. The van der Waals surface area contributed by atoms with Crippen molar-refractivity contribution in [2.75, 3.05) is 0 Å². The van der Waals surface area contributed by atoms with Crippen molar-refractivity contribution in [3.8, 4) is 0 Å². The lowest BCUT2D eigenvalue weighted by Gasteiger charge is -2.40. The molecule has 1 aromatic rings. The van der Waals surface area contributed by atoms with Crippen LogP contribution in [0.15, 0.2) is 24.3 Å². The summed E-state index contributed by atoms with van der Waals surface area (Å²) in [7, 11) is 0. The number of hydrogen-bond acceptors (Lipinski definition) is 2. The monoisotopic (exact) mass is 279 g/mol. The zero-order valence-corrected chi connectivity index (χ0v) is 11.5. The van der Waals surface area contributed by atoms with Crippen LogP contribution in [0.3, 0.4) is 0 Å². The van der Waals surface area contributed by atoms with E-state index in [1.807, 2.05) is 0 Å². The molecule has 1 aliphatic heterocycles. The topological polar surface area (TPSA) is 57.6 Å². The van der Waals surface area contributed by atoms with E-state index >= 15 is 0 Å². The van der Waals surface area contributed by atoms with Crippen LogP contribution in [0.25, 0.3) is 0 Å². The zero-order valence-electron chi connectivity index (χ0n) is 11.5. The first-order valence-electron chi connectivity index (χ1n) is 6.67. The summed E-state index contributed by atoms with van der Waals surface area (Å²) in [6, 6.07) is 5.54. The molecular weight excluding hydrogens is 261 g/mol. The minimum atomic E-state index is -0.874. The Labute approximate surface area is 117 Å². The van der Waals surface area contributed by atoms with Gasteiger partial charge in [0.15, 0.2) is 0 Å². The van der Waals surface area contributed by atoms with Gasteiger partial charge in [0.05, 0.1) is 5.92 Å². The summed E-state index contributed by atoms with van der Waals surface area (Å²) in [5, 5.41) is 9.30. The maximum atomic E-state index is 12.9. The molecule has 1 saturated heterocycles. The molecule has 2 rings (SSSR count). The molecule has 0 bridgehead atoms. The maximum Gasteiger partial charge on any atom is 0.308 e. The number of amides is 1. The van der Waals surface area contributed by atoms with Gasteiger partial charge in [-0.15, -0.1) is 0 Å². The van der Waals surface area contributed by atoms with Crippen LogP contribution in [0.1, 0.15) is 25.8 Å². The number of hydrogen-bond donors (Lipinski definition) is 1. The Kier molecular flexibility index (Phi) is 4.06. The van der Waals surface area contributed by atoms with Crippen molar-refractivity contribution < 1.29 is 19.1 Å². The third-order valence-electron chi connectivity index (χ3n) is 3.99. The summed E-state index contributed by atoms with van der Waals surface area (Å²) in [6.07, 6.45) is 0.239. The second kappa shape index (κ2) is 5.61.